The van der Waals surface area contributed by atoms with Gasteiger partial charge in [-0.15, -0.1) is 0 Å². The second-order valence-electron chi connectivity index (χ2n) is 5.12. The molecule has 5 nitrogen and oxygen atoms in total. The van der Waals surface area contributed by atoms with Crippen LogP contribution in [0.4, 0.5) is 0 Å². The van der Waals surface area contributed by atoms with Gasteiger partial charge in [0.25, 0.3) is 5.91 Å². The van der Waals surface area contributed by atoms with E-state index in [9.17, 15) is 9.59 Å². The second-order valence-corrected chi connectivity index (χ2v) is 6.04. The van der Waals surface area contributed by atoms with Crippen molar-refractivity contribution in [3.63, 3.8) is 0 Å². The highest BCUT2D eigenvalue weighted by molar-refractivity contribution is 9.10. The van der Waals surface area contributed by atoms with Gasteiger partial charge in [0, 0.05) is 36.2 Å². The molecule has 0 spiro atoms. The van der Waals surface area contributed by atoms with Crippen LogP contribution in [-0.2, 0) is 11.3 Å². The predicted molar refractivity (Wildman–Crippen MR) is 87.3 cm³/mol. The Balaban J connectivity index is 2.45. The van der Waals surface area contributed by atoms with Gasteiger partial charge in [0.05, 0.1) is 0 Å². The number of aromatic nitrogens is 1. The summed E-state index contributed by atoms with van der Waals surface area (Å²) in [6, 6.07) is 1.97. The maximum atomic E-state index is 12.1. The van der Waals surface area contributed by atoms with E-state index in [0.29, 0.717) is 18.7 Å². The van der Waals surface area contributed by atoms with Gasteiger partial charge in [-0.3, -0.25) is 9.59 Å². The van der Waals surface area contributed by atoms with Gasteiger partial charge in [-0.05, 0) is 41.8 Å². The first-order valence-electron chi connectivity index (χ1n) is 7.41. The first-order chi connectivity index (χ1) is 9.97. The summed E-state index contributed by atoms with van der Waals surface area (Å²) >= 11 is 3.38. The summed E-state index contributed by atoms with van der Waals surface area (Å²) in [5.74, 6) is -0.180. The van der Waals surface area contributed by atoms with Crippen molar-refractivity contribution in [3.05, 3.63) is 22.4 Å². The van der Waals surface area contributed by atoms with Crippen LogP contribution in [0, 0.1) is 0 Å². The molecule has 0 bridgehead atoms. The van der Waals surface area contributed by atoms with Gasteiger partial charge in [-0.2, -0.15) is 0 Å². The molecule has 6 heteroatoms. The van der Waals surface area contributed by atoms with Gasteiger partial charge >= 0.3 is 0 Å². The number of halogens is 1. The lowest BCUT2D eigenvalue weighted by molar-refractivity contribution is -0.121. The number of hydrogen-bond donors (Lipinski definition) is 2. The van der Waals surface area contributed by atoms with Gasteiger partial charge < -0.3 is 15.2 Å². The monoisotopic (exact) mass is 357 g/mol. The van der Waals surface area contributed by atoms with Crippen LogP contribution in [0.2, 0.25) is 0 Å². The minimum Gasteiger partial charge on any atom is -0.354 e. The third-order valence-corrected chi connectivity index (χ3v) is 3.65. The molecular weight excluding hydrogens is 334 g/mol. The van der Waals surface area contributed by atoms with Gasteiger partial charge in [0.15, 0.2) is 0 Å². The van der Waals surface area contributed by atoms with Crippen molar-refractivity contribution in [1.29, 1.82) is 0 Å². The van der Waals surface area contributed by atoms with Crippen LogP contribution in [0.5, 0.6) is 0 Å². The van der Waals surface area contributed by atoms with E-state index >= 15 is 0 Å². The predicted octanol–water partition coefficient (Wildman–Crippen LogP) is 2.70. The number of nitrogens with zero attached hydrogens (tertiary/aromatic N) is 1. The number of hydrogen-bond acceptors (Lipinski definition) is 2. The highest BCUT2D eigenvalue weighted by Gasteiger charge is 2.13. The topological polar surface area (TPSA) is 63.1 Å². The Morgan fingerprint density at radius 3 is 2.71 bits per heavy atom. The van der Waals surface area contributed by atoms with Crippen molar-refractivity contribution in [2.45, 2.75) is 52.6 Å². The van der Waals surface area contributed by atoms with E-state index in [4.69, 9.17) is 0 Å². The van der Waals surface area contributed by atoms with Crippen LogP contribution < -0.4 is 10.6 Å². The average Bonchev–Trinajstić information content (AvgIpc) is 2.80. The van der Waals surface area contributed by atoms with Crippen molar-refractivity contribution >= 4 is 27.7 Å². The standard InChI is InChI=1S/C15H24BrN3O2/c1-4-8-19-10-12(16)9-13(19)15(21)17-7-6-14(20)18-11(3)5-2/h9-11H,4-8H2,1-3H3,(H,17,21)(H,18,20). The van der Waals surface area contributed by atoms with E-state index in [0.717, 1.165) is 23.9 Å². The first-order valence-corrected chi connectivity index (χ1v) is 8.20. The fourth-order valence-corrected chi connectivity index (χ4v) is 2.38. The normalized spacial score (nSPS) is 12.0. The summed E-state index contributed by atoms with van der Waals surface area (Å²) in [7, 11) is 0. The Morgan fingerprint density at radius 1 is 1.38 bits per heavy atom. The van der Waals surface area contributed by atoms with Gasteiger partial charge in [0.2, 0.25) is 5.91 Å². The summed E-state index contributed by atoms with van der Waals surface area (Å²) in [6.07, 6.45) is 4.05. The molecule has 1 atom stereocenters. The first kappa shape index (κ1) is 17.8. The SMILES string of the molecule is CCCn1cc(Br)cc1C(=O)NCCC(=O)NC(C)CC. The fraction of sp³-hybridized carbons (Fsp3) is 0.600. The van der Waals surface area contributed by atoms with Crippen molar-refractivity contribution in [2.75, 3.05) is 6.54 Å². The molecule has 0 saturated carbocycles. The summed E-state index contributed by atoms with van der Waals surface area (Å²) in [5, 5.41) is 5.67. The minimum atomic E-state index is -0.148. The third kappa shape index (κ3) is 5.91. The van der Waals surface area contributed by atoms with Crippen LogP contribution in [0.25, 0.3) is 0 Å². The lowest BCUT2D eigenvalue weighted by atomic mass is 10.2. The molecule has 118 valence electrons. The lowest BCUT2D eigenvalue weighted by Crippen LogP contribution is -2.35. The molecule has 1 heterocycles. The zero-order chi connectivity index (χ0) is 15.8. The molecule has 0 radical (unpaired) electrons. The number of carbonyl (C=O) groups excluding carboxylic acids is 2. The summed E-state index contributed by atoms with van der Waals surface area (Å²) < 4.78 is 2.80. The second kappa shape index (κ2) is 8.87. The molecule has 21 heavy (non-hydrogen) atoms. The summed E-state index contributed by atoms with van der Waals surface area (Å²) in [5.41, 5.74) is 0.617. The Hall–Kier alpha value is -1.30. The van der Waals surface area contributed by atoms with Crippen molar-refractivity contribution in [2.24, 2.45) is 0 Å². The smallest absolute Gasteiger partial charge is 0.267 e. The van der Waals surface area contributed by atoms with E-state index < -0.39 is 0 Å². The molecule has 1 rings (SSSR count). The molecule has 2 N–H and O–H groups in total. The number of rotatable bonds is 8. The zero-order valence-electron chi connectivity index (χ0n) is 12.9. The molecule has 1 unspecified atom stereocenters. The zero-order valence-corrected chi connectivity index (χ0v) is 14.5. The molecule has 0 fully saturated rings. The Labute approximate surface area is 134 Å². The summed E-state index contributed by atoms with van der Waals surface area (Å²) in [4.78, 5) is 23.8. The van der Waals surface area contributed by atoms with E-state index in [-0.39, 0.29) is 17.9 Å². The molecule has 2 amide bonds. The molecule has 0 aliphatic heterocycles. The van der Waals surface area contributed by atoms with Crippen LogP contribution in [0.15, 0.2) is 16.7 Å². The summed E-state index contributed by atoms with van der Waals surface area (Å²) in [6.45, 7) is 7.19. The third-order valence-electron chi connectivity index (χ3n) is 3.22. The molecule has 0 aromatic carbocycles. The number of carbonyl (C=O) groups is 2. The van der Waals surface area contributed by atoms with Gasteiger partial charge in [-0.1, -0.05) is 13.8 Å². The highest BCUT2D eigenvalue weighted by Crippen LogP contribution is 2.15. The minimum absolute atomic E-state index is 0.0326. The molecule has 0 saturated heterocycles. The number of aryl methyl sites for hydroxylation is 1. The average molecular weight is 358 g/mol. The molecule has 1 aromatic rings. The maximum Gasteiger partial charge on any atom is 0.267 e. The molecule has 1 aromatic heterocycles. The molecule has 0 aliphatic carbocycles. The Bertz CT molecular complexity index is 485. The number of amides is 2. The van der Waals surface area contributed by atoms with E-state index in [1.165, 1.54) is 0 Å². The van der Waals surface area contributed by atoms with E-state index in [2.05, 4.69) is 33.5 Å². The van der Waals surface area contributed by atoms with Crippen LogP contribution in [-0.4, -0.2) is 29.0 Å². The highest BCUT2D eigenvalue weighted by atomic mass is 79.9. The molecular formula is C15H24BrN3O2. The largest absolute Gasteiger partial charge is 0.354 e. The lowest BCUT2D eigenvalue weighted by Gasteiger charge is -2.12. The Kier molecular flexibility index (Phi) is 7.50. The fourth-order valence-electron chi connectivity index (χ4n) is 1.92. The van der Waals surface area contributed by atoms with Crippen molar-refractivity contribution < 1.29 is 9.59 Å². The van der Waals surface area contributed by atoms with Crippen LogP contribution in [0.3, 0.4) is 0 Å². The number of nitrogens with one attached hydrogen (secondary N) is 2. The van der Waals surface area contributed by atoms with Gasteiger partial charge in [-0.25, -0.2) is 0 Å². The van der Waals surface area contributed by atoms with E-state index in [1.807, 2.05) is 24.6 Å². The molecule has 0 aliphatic rings. The van der Waals surface area contributed by atoms with Crippen molar-refractivity contribution in [3.8, 4) is 0 Å². The van der Waals surface area contributed by atoms with Crippen LogP contribution >= 0.6 is 15.9 Å². The van der Waals surface area contributed by atoms with Gasteiger partial charge in [0.1, 0.15) is 5.69 Å². The Morgan fingerprint density at radius 2 is 2.10 bits per heavy atom. The van der Waals surface area contributed by atoms with E-state index in [1.54, 1.807) is 6.07 Å². The maximum absolute atomic E-state index is 12.1. The van der Waals surface area contributed by atoms with Crippen molar-refractivity contribution in [1.82, 2.24) is 15.2 Å². The quantitative estimate of drug-likeness (QED) is 0.751. The van der Waals surface area contributed by atoms with Crippen LogP contribution in [0.1, 0.15) is 50.5 Å².